The molecule has 3 aliphatic rings. The Bertz CT molecular complexity index is 486. The number of nitrogens with one attached hydrogen (secondary N) is 1. The Morgan fingerprint density at radius 2 is 2.25 bits per heavy atom. The summed E-state index contributed by atoms with van der Waals surface area (Å²) in [4.78, 5) is 7.09. The number of nitrogens with zero attached hydrogens (tertiary/aromatic N) is 2. The molecule has 0 radical (unpaired) electrons. The Morgan fingerprint density at radius 3 is 3.05 bits per heavy atom. The Labute approximate surface area is 120 Å². The molecule has 1 aromatic heterocycles. The molecule has 20 heavy (non-hydrogen) atoms. The van der Waals surface area contributed by atoms with E-state index < -0.39 is 0 Å². The van der Waals surface area contributed by atoms with Gasteiger partial charge in [0.1, 0.15) is 5.82 Å². The number of aliphatic hydroxyl groups excluding tert-OH is 1. The van der Waals surface area contributed by atoms with Crippen molar-refractivity contribution in [1.29, 1.82) is 0 Å². The van der Waals surface area contributed by atoms with E-state index in [4.69, 9.17) is 0 Å². The second-order valence-corrected chi connectivity index (χ2v) is 6.43. The highest BCUT2D eigenvalue weighted by atomic mass is 16.3. The minimum absolute atomic E-state index is 0.278. The van der Waals surface area contributed by atoms with Gasteiger partial charge in [-0.2, -0.15) is 0 Å². The molecule has 1 saturated heterocycles. The van der Waals surface area contributed by atoms with Crippen LogP contribution in [0.15, 0.2) is 12.3 Å². The molecule has 2 aliphatic heterocycles. The molecule has 108 valence electrons. The summed E-state index contributed by atoms with van der Waals surface area (Å²) in [6.45, 7) is 3.14. The molecule has 0 amide bonds. The number of aliphatic hydroxyl groups is 1. The minimum atomic E-state index is -0.278. The van der Waals surface area contributed by atoms with Crippen molar-refractivity contribution < 1.29 is 5.11 Å². The minimum Gasteiger partial charge on any atom is -0.388 e. The number of pyridine rings is 1. The van der Waals surface area contributed by atoms with Gasteiger partial charge in [-0.15, -0.1) is 0 Å². The summed E-state index contributed by atoms with van der Waals surface area (Å²) in [5.41, 5.74) is 2.46. The van der Waals surface area contributed by atoms with Crippen LogP contribution in [0.3, 0.4) is 0 Å². The molecule has 0 aromatic carbocycles. The number of hydrogen-bond acceptors (Lipinski definition) is 4. The first-order valence-electron chi connectivity index (χ1n) is 7.98. The Kier molecular flexibility index (Phi) is 3.15. The molecule has 1 saturated carbocycles. The van der Waals surface area contributed by atoms with E-state index >= 15 is 0 Å². The van der Waals surface area contributed by atoms with E-state index in [1.54, 1.807) is 0 Å². The van der Waals surface area contributed by atoms with Crippen molar-refractivity contribution in [3.63, 3.8) is 0 Å². The molecule has 2 atom stereocenters. The average molecular weight is 273 g/mol. The van der Waals surface area contributed by atoms with Gasteiger partial charge in [0.05, 0.1) is 6.10 Å². The van der Waals surface area contributed by atoms with Crippen LogP contribution >= 0.6 is 0 Å². The first-order chi connectivity index (χ1) is 9.84. The van der Waals surface area contributed by atoms with Crippen molar-refractivity contribution >= 4 is 5.82 Å². The highest BCUT2D eigenvalue weighted by molar-refractivity contribution is 5.55. The molecule has 0 spiro atoms. The third-order valence-electron chi connectivity index (χ3n) is 5.33. The van der Waals surface area contributed by atoms with Crippen LogP contribution in [-0.4, -0.2) is 35.8 Å². The molecule has 4 heteroatoms. The van der Waals surface area contributed by atoms with E-state index in [2.05, 4.69) is 15.2 Å². The van der Waals surface area contributed by atoms with E-state index in [0.29, 0.717) is 12.0 Å². The lowest BCUT2D eigenvalue weighted by molar-refractivity contribution is 0.0612. The van der Waals surface area contributed by atoms with E-state index in [1.165, 1.54) is 31.2 Å². The van der Waals surface area contributed by atoms with Gasteiger partial charge in [-0.25, -0.2) is 4.98 Å². The molecule has 1 unspecified atom stereocenters. The fourth-order valence-corrected chi connectivity index (χ4v) is 3.89. The third-order valence-corrected chi connectivity index (χ3v) is 5.33. The number of aromatic nitrogens is 1. The maximum Gasteiger partial charge on any atom is 0.132 e. The summed E-state index contributed by atoms with van der Waals surface area (Å²) in [5.74, 6) is 1.61. The summed E-state index contributed by atoms with van der Waals surface area (Å²) in [6.07, 6.45) is 7.47. The molecule has 0 bridgehead atoms. The molecular weight excluding hydrogens is 250 g/mol. The van der Waals surface area contributed by atoms with Crippen LogP contribution in [0, 0.1) is 5.92 Å². The summed E-state index contributed by atoms with van der Waals surface area (Å²) < 4.78 is 0. The van der Waals surface area contributed by atoms with E-state index in [-0.39, 0.29) is 6.10 Å². The lowest BCUT2D eigenvalue weighted by atomic mass is 9.77. The van der Waals surface area contributed by atoms with E-state index in [9.17, 15) is 5.11 Å². The van der Waals surface area contributed by atoms with Gasteiger partial charge in [0.2, 0.25) is 0 Å². The number of hydrogen-bond donors (Lipinski definition) is 2. The van der Waals surface area contributed by atoms with Gasteiger partial charge in [0.15, 0.2) is 0 Å². The van der Waals surface area contributed by atoms with E-state index in [1.807, 2.05) is 12.3 Å². The average Bonchev–Trinajstić information content (AvgIpc) is 2.44. The van der Waals surface area contributed by atoms with Crippen LogP contribution in [0.1, 0.15) is 42.9 Å². The summed E-state index contributed by atoms with van der Waals surface area (Å²) in [5, 5.41) is 14.1. The quantitative estimate of drug-likeness (QED) is 0.860. The van der Waals surface area contributed by atoms with Crippen LogP contribution in [0.4, 0.5) is 5.82 Å². The molecule has 2 N–H and O–H groups in total. The standard InChI is InChI=1S/C16H23N3O/c20-15(11-2-1-3-11)13-6-7-18-16-14(13)5-4-12-10-17-8-9-19(12)16/h6-7,11-12,15,17,20H,1-5,8-10H2/t12-,15?/m1/s1. The number of anilines is 1. The maximum absolute atomic E-state index is 10.6. The van der Waals surface area contributed by atoms with Crippen LogP contribution in [-0.2, 0) is 6.42 Å². The first kappa shape index (κ1) is 12.6. The third kappa shape index (κ3) is 1.93. The molecular formula is C16H23N3O. The zero-order valence-corrected chi connectivity index (χ0v) is 11.9. The van der Waals surface area contributed by atoms with Crippen LogP contribution in [0.2, 0.25) is 0 Å². The molecule has 1 aliphatic carbocycles. The molecule has 4 nitrogen and oxygen atoms in total. The highest BCUT2D eigenvalue weighted by Gasteiger charge is 2.34. The number of rotatable bonds is 2. The van der Waals surface area contributed by atoms with Gasteiger partial charge in [0, 0.05) is 37.4 Å². The zero-order chi connectivity index (χ0) is 13.5. The normalized spacial score (nSPS) is 27.4. The smallest absolute Gasteiger partial charge is 0.132 e. The summed E-state index contributed by atoms with van der Waals surface area (Å²) >= 11 is 0. The first-order valence-corrected chi connectivity index (χ1v) is 7.98. The van der Waals surface area contributed by atoms with E-state index in [0.717, 1.165) is 37.4 Å². The predicted molar refractivity (Wildman–Crippen MR) is 78.9 cm³/mol. The largest absolute Gasteiger partial charge is 0.388 e. The molecule has 3 heterocycles. The molecule has 4 rings (SSSR count). The fraction of sp³-hybridized carbons (Fsp3) is 0.688. The Balaban J connectivity index is 1.69. The van der Waals surface area contributed by atoms with Gasteiger partial charge in [-0.3, -0.25) is 0 Å². The second-order valence-electron chi connectivity index (χ2n) is 6.43. The summed E-state index contributed by atoms with van der Waals surface area (Å²) in [7, 11) is 0. The lowest BCUT2D eigenvalue weighted by Crippen LogP contribution is -2.53. The number of piperazine rings is 1. The fourth-order valence-electron chi connectivity index (χ4n) is 3.89. The highest BCUT2D eigenvalue weighted by Crippen LogP contribution is 2.41. The maximum atomic E-state index is 10.6. The van der Waals surface area contributed by atoms with Crippen LogP contribution in [0.5, 0.6) is 0 Å². The predicted octanol–water partition coefficient (Wildman–Crippen LogP) is 1.64. The van der Waals surface area contributed by atoms with Crippen molar-refractivity contribution in [2.24, 2.45) is 5.92 Å². The monoisotopic (exact) mass is 273 g/mol. The van der Waals surface area contributed by atoms with Crippen LogP contribution in [0.25, 0.3) is 0 Å². The van der Waals surface area contributed by atoms with Crippen molar-refractivity contribution in [1.82, 2.24) is 10.3 Å². The summed E-state index contributed by atoms with van der Waals surface area (Å²) in [6, 6.07) is 2.63. The van der Waals surface area contributed by atoms with Crippen molar-refractivity contribution in [2.75, 3.05) is 24.5 Å². The van der Waals surface area contributed by atoms with Gasteiger partial charge in [-0.05, 0) is 43.2 Å². The SMILES string of the molecule is OC(c1ccnc2c1CC[C@@H]1CNCCN21)C1CCC1. The van der Waals surface area contributed by atoms with Gasteiger partial charge in [0.25, 0.3) is 0 Å². The second kappa shape index (κ2) is 5.01. The van der Waals surface area contributed by atoms with Crippen molar-refractivity contribution in [3.05, 3.63) is 23.4 Å². The molecule has 2 fully saturated rings. The Hall–Kier alpha value is -1.13. The molecule has 1 aromatic rings. The lowest BCUT2D eigenvalue weighted by Gasteiger charge is -2.42. The van der Waals surface area contributed by atoms with Crippen molar-refractivity contribution in [3.8, 4) is 0 Å². The number of fused-ring (bicyclic) bond motifs is 3. The van der Waals surface area contributed by atoms with Gasteiger partial charge >= 0.3 is 0 Å². The van der Waals surface area contributed by atoms with Crippen LogP contribution < -0.4 is 10.2 Å². The van der Waals surface area contributed by atoms with Gasteiger partial charge < -0.3 is 15.3 Å². The van der Waals surface area contributed by atoms with Gasteiger partial charge in [-0.1, -0.05) is 6.42 Å². The Morgan fingerprint density at radius 1 is 1.35 bits per heavy atom. The van der Waals surface area contributed by atoms with Crippen molar-refractivity contribution in [2.45, 2.75) is 44.2 Å². The topological polar surface area (TPSA) is 48.4 Å². The zero-order valence-electron chi connectivity index (χ0n) is 11.9.